The molecule has 1 aromatic carbocycles. The number of rotatable bonds is 3. The predicted octanol–water partition coefficient (Wildman–Crippen LogP) is 1.63. The Labute approximate surface area is 112 Å². The van der Waals surface area contributed by atoms with E-state index in [9.17, 15) is 9.59 Å². The third-order valence-corrected chi connectivity index (χ3v) is 3.37. The number of hydrogen-bond acceptors (Lipinski definition) is 3. The lowest BCUT2D eigenvalue weighted by Crippen LogP contribution is -2.34. The molecule has 1 fully saturated rings. The fourth-order valence-corrected chi connectivity index (χ4v) is 2.26. The summed E-state index contributed by atoms with van der Waals surface area (Å²) < 4.78 is 0. The number of carboxylic acids is 1. The van der Waals surface area contributed by atoms with Crippen LogP contribution in [0.15, 0.2) is 18.2 Å². The van der Waals surface area contributed by atoms with Gasteiger partial charge in [-0.05, 0) is 45.0 Å². The lowest BCUT2D eigenvalue weighted by atomic mass is 9.97. The van der Waals surface area contributed by atoms with Gasteiger partial charge >= 0.3 is 5.97 Å². The molecular weight excluding hydrogens is 244 g/mol. The third-order valence-electron chi connectivity index (χ3n) is 3.37. The number of benzene rings is 1. The Morgan fingerprint density at radius 2 is 2.00 bits per heavy atom. The van der Waals surface area contributed by atoms with Crippen LogP contribution in [0.25, 0.3) is 0 Å². The van der Waals surface area contributed by atoms with Crippen LogP contribution in [-0.4, -0.2) is 30.1 Å². The third kappa shape index (κ3) is 3.32. The quantitative estimate of drug-likeness (QED) is 0.773. The van der Waals surface area contributed by atoms with Crippen molar-refractivity contribution in [2.24, 2.45) is 5.92 Å². The molecule has 1 aromatic rings. The first kappa shape index (κ1) is 13.5. The monoisotopic (exact) mass is 262 g/mol. The van der Waals surface area contributed by atoms with Crippen LogP contribution in [0.3, 0.4) is 0 Å². The van der Waals surface area contributed by atoms with Gasteiger partial charge in [0.15, 0.2) is 0 Å². The summed E-state index contributed by atoms with van der Waals surface area (Å²) in [7, 11) is 0. The number of carbonyl (C=O) groups is 2. The second-order valence-electron chi connectivity index (χ2n) is 4.87. The van der Waals surface area contributed by atoms with Crippen molar-refractivity contribution in [3.05, 3.63) is 29.3 Å². The van der Waals surface area contributed by atoms with Gasteiger partial charge in [0.1, 0.15) is 0 Å². The van der Waals surface area contributed by atoms with Crippen molar-refractivity contribution in [3.63, 3.8) is 0 Å². The lowest BCUT2D eigenvalue weighted by Gasteiger charge is -2.22. The Balaban J connectivity index is 2.13. The van der Waals surface area contributed by atoms with Gasteiger partial charge in [-0.15, -0.1) is 0 Å². The summed E-state index contributed by atoms with van der Waals surface area (Å²) in [6.07, 6.45) is 1.58. The van der Waals surface area contributed by atoms with E-state index in [1.54, 1.807) is 18.2 Å². The van der Waals surface area contributed by atoms with Gasteiger partial charge in [0.2, 0.25) is 5.91 Å². The molecule has 1 aliphatic rings. The van der Waals surface area contributed by atoms with E-state index in [-0.39, 0.29) is 17.4 Å². The number of amides is 1. The minimum Gasteiger partial charge on any atom is -0.478 e. The number of aryl methyl sites for hydroxylation is 1. The maximum absolute atomic E-state index is 12.1. The molecule has 0 aliphatic carbocycles. The van der Waals surface area contributed by atoms with Crippen molar-refractivity contribution in [1.29, 1.82) is 0 Å². The Kier molecular flexibility index (Phi) is 4.16. The summed E-state index contributed by atoms with van der Waals surface area (Å²) in [5.74, 6) is -1.15. The minimum absolute atomic E-state index is 0.0378. The molecule has 1 heterocycles. The molecule has 0 radical (unpaired) electrons. The van der Waals surface area contributed by atoms with E-state index in [4.69, 9.17) is 5.11 Å². The summed E-state index contributed by atoms with van der Waals surface area (Å²) in [5.41, 5.74) is 1.38. The van der Waals surface area contributed by atoms with E-state index in [2.05, 4.69) is 10.6 Å². The molecule has 0 bridgehead atoms. The minimum atomic E-state index is -1.02. The van der Waals surface area contributed by atoms with Crippen LogP contribution in [0.1, 0.15) is 28.8 Å². The van der Waals surface area contributed by atoms with Crippen molar-refractivity contribution in [3.8, 4) is 0 Å². The molecule has 1 amide bonds. The number of aromatic carboxylic acids is 1. The van der Waals surface area contributed by atoms with Gasteiger partial charge in [-0.3, -0.25) is 4.79 Å². The first-order valence-corrected chi connectivity index (χ1v) is 6.43. The molecule has 0 unspecified atom stereocenters. The average molecular weight is 262 g/mol. The van der Waals surface area contributed by atoms with Crippen LogP contribution in [0.4, 0.5) is 5.69 Å². The first-order chi connectivity index (χ1) is 9.08. The van der Waals surface area contributed by atoms with E-state index < -0.39 is 5.97 Å². The molecule has 102 valence electrons. The first-order valence-electron chi connectivity index (χ1n) is 6.43. The van der Waals surface area contributed by atoms with Crippen LogP contribution in [0.5, 0.6) is 0 Å². The van der Waals surface area contributed by atoms with E-state index in [1.165, 1.54) is 0 Å². The fourth-order valence-electron chi connectivity index (χ4n) is 2.26. The molecule has 0 atom stereocenters. The normalized spacial score (nSPS) is 16.1. The van der Waals surface area contributed by atoms with Crippen molar-refractivity contribution in [1.82, 2.24) is 5.32 Å². The molecule has 1 aliphatic heterocycles. The summed E-state index contributed by atoms with van der Waals surface area (Å²) in [5, 5.41) is 15.1. The molecule has 3 N–H and O–H groups in total. The number of piperidine rings is 1. The maximum Gasteiger partial charge on any atom is 0.337 e. The largest absolute Gasteiger partial charge is 0.478 e. The molecule has 0 aromatic heterocycles. The molecule has 5 nitrogen and oxygen atoms in total. The van der Waals surface area contributed by atoms with Crippen LogP contribution < -0.4 is 10.6 Å². The van der Waals surface area contributed by atoms with Crippen molar-refractivity contribution >= 4 is 17.6 Å². The van der Waals surface area contributed by atoms with E-state index in [1.807, 2.05) is 6.92 Å². The summed E-state index contributed by atoms with van der Waals surface area (Å²) in [4.78, 5) is 23.3. The van der Waals surface area contributed by atoms with Crippen LogP contribution in [0, 0.1) is 12.8 Å². The van der Waals surface area contributed by atoms with Crippen molar-refractivity contribution in [2.75, 3.05) is 18.4 Å². The summed E-state index contributed by atoms with van der Waals surface area (Å²) >= 11 is 0. The zero-order valence-electron chi connectivity index (χ0n) is 10.9. The van der Waals surface area contributed by atoms with Crippen LogP contribution in [-0.2, 0) is 4.79 Å². The highest BCUT2D eigenvalue weighted by atomic mass is 16.4. The molecule has 5 heteroatoms. The Hall–Kier alpha value is -1.88. The van der Waals surface area contributed by atoms with Gasteiger partial charge in [-0.1, -0.05) is 11.6 Å². The van der Waals surface area contributed by atoms with Gasteiger partial charge in [-0.2, -0.15) is 0 Å². The summed E-state index contributed by atoms with van der Waals surface area (Å²) in [6, 6.07) is 5.02. The molecule has 1 saturated heterocycles. The van der Waals surface area contributed by atoms with Gasteiger partial charge in [0, 0.05) is 5.92 Å². The van der Waals surface area contributed by atoms with E-state index in [0.717, 1.165) is 31.5 Å². The fraction of sp³-hybridized carbons (Fsp3) is 0.429. The number of anilines is 1. The Morgan fingerprint density at radius 3 is 2.63 bits per heavy atom. The van der Waals surface area contributed by atoms with Gasteiger partial charge in [0.05, 0.1) is 11.3 Å². The zero-order chi connectivity index (χ0) is 13.8. The summed E-state index contributed by atoms with van der Waals surface area (Å²) in [6.45, 7) is 3.49. The molecule has 0 spiro atoms. The van der Waals surface area contributed by atoms with E-state index in [0.29, 0.717) is 5.69 Å². The Morgan fingerprint density at radius 1 is 1.32 bits per heavy atom. The standard InChI is InChI=1S/C14H18N2O3/c1-9-2-3-12(11(8-9)14(18)19)16-13(17)10-4-6-15-7-5-10/h2-3,8,10,15H,4-7H2,1H3,(H,16,17)(H,18,19). The predicted molar refractivity (Wildman–Crippen MR) is 72.4 cm³/mol. The maximum atomic E-state index is 12.1. The Bertz CT molecular complexity index is 493. The second kappa shape index (κ2) is 5.84. The molecule has 19 heavy (non-hydrogen) atoms. The average Bonchev–Trinajstić information content (AvgIpc) is 2.41. The van der Waals surface area contributed by atoms with Crippen LogP contribution >= 0.6 is 0 Å². The molecular formula is C14H18N2O3. The molecule has 2 rings (SSSR count). The second-order valence-corrected chi connectivity index (χ2v) is 4.87. The number of hydrogen-bond donors (Lipinski definition) is 3. The lowest BCUT2D eigenvalue weighted by molar-refractivity contribution is -0.120. The number of carboxylic acid groups (broad SMARTS) is 1. The highest BCUT2D eigenvalue weighted by Crippen LogP contribution is 2.20. The number of carbonyl (C=O) groups excluding carboxylic acids is 1. The smallest absolute Gasteiger partial charge is 0.337 e. The highest BCUT2D eigenvalue weighted by molar-refractivity contribution is 6.01. The van der Waals surface area contributed by atoms with Gasteiger partial charge < -0.3 is 15.7 Å². The topological polar surface area (TPSA) is 78.4 Å². The molecule has 0 saturated carbocycles. The zero-order valence-corrected chi connectivity index (χ0v) is 10.9. The van der Waals surface area contributed by atoms with Crippen LogP contribution in [0.2, 0.25) is 0 Å². The SMILES string of the molecule is Cc1ccc(NC(=O)C2CCNCC2)c(C(=O)O)c1. The highest BCUT2D eigenvalue weighted by Gasteiger charge is 2.22. The van der Waals surface area contributed by atoms with Gasteiger partial charge in [-0.25, -0.2) is 4.79 Å². The van der Waals surface area contributed by atoms with E-state index >= 15 is 0 Å². The van der Waals surface area contributed by atoms with Crippen molar-refractivity contribution in [2.45, 2.75) is 19.8 Å². The number of nitrogens with one attached hydrogen (secondary N) is 2. The van der Waals surface area contributed by atoms with Gasteiger partial charge in [0.25, 0.3) is 0 Å². The van der Waals surface area contributed by atoms with Crippen molar-refractivity contribution < 1.29 is 14.7 Å².